The molecule has 174 valence electrons. The molecule has 0 spiro atoms. The van der Waals surface area contributed by atoms with Crippen LogP contribution >= 0.6 is 0 Å². The number of hydrogen-bond donors (Lipinski definition) is 1. The zero-order valence-corrected chi connectivity index (χ0v) is 20.0. The van der Waals surface area contributed by atoms with Gasteiger partial charge in [0.1, 0.15) is 5.76 Å². The predicted molar refractivity (Wildman–Crippen MR) is 127 cm³/mol. The van der Waals surface area contributed by atoms with E-state index in [4.69, 9.17) is 4.52 Å². The molecule has 0 saturated carbocycles. The Hall–Kier alpha value is -2.14. The lowest BCUT2D eigenvalue weighted by Gasteiger charge is -2.36. The third-order valence-electron chi connectivity index (χ3n) is 7.31. The molecular formula is C27H39N3O2. The van der Waals surface area contributed by atoms with E-state index in [1.165, 1.54) is 5.56 Å². The van der Waals surface area contributed by atoms with Crippen molar-refractivity contribution in [1.82, 2.24) is 15.4 Å². The van der Waals surface area contributed by atoms with Gasteiger partial charge in [0.25, 0.3) is 0 Å². The average molecular weight is 438 g/mol. The Labute approximate surface area is 192 Å². The van der Waals surface area contributed by atoms with Gasteiger partial charge in [-0.05, 0) is 68.5 Å². The molecular weight excluding hydrogens is 398 g/mol. The van der Waals surface area contributed by atoms with Gasteiger partial charge in [-0.1, -0.05) is 56.3 Å². The van der Waals surface area contributed by atoms with Crippen molar-refractivity contribution in [2.24, 2.45) is 17.8 Å². The van der Waals surface area contributed by atoms with Crippen molar-refractivity contribution in [3.8, 4) is 0 Å². The molecule has 5 nitrogen and oxygen atoms in total. The van der Waals surface area contributed by atoms with Crippen molar-refractivity contribution >= 4 is 5.91 Å². The van der Waals surface area contributed by atoms with E-state index in [-0.39, 0.29) is 5.41 Å². The number of piperidine rings is 2. The maximum atomic E-state index is 13.1. The lowest BCUT2D eigenvalue weighted by atomic mass is 9.80. The number of carbonyl (C=O) groups excluding carboxylic acids is 1. The van der Waals surface area contributed by atoms with Crippen LogP contribution < -0.4 is 5.32 Å². The van der Waals surface area contributed by atoms with Crippen molar-refractivity contribution in [3.63, 3.8) is 0 Å². The highest BCUT2D eigenvalue weighted by atomic mass is 16.5. The largest absolute Gasteiger partial charge is 0.361 e. The highest BCUT2D eigenvalue weighted by molar-refractivity contribution is 5.76. The molecule has 0 unspecified atom stereocenters. The van der Waals surface area contributed by atoms with Gasteiger partial charge in [-0.3, -0.25) is 4.79 Å². The number of likely N-dealkylation sites (tertiary alicyclic amines) is 1. The first-order valence-corrected chi connectivity index (χ1v) is 12.4. The third-order valence-corrected chi connectivity index (χ3v) is 7.31. The van der Waals surface area contributed by atoms with E-state index in [1.54, 1.807) is 0 Å². The molecule has 0 radical (unpaired) electrons. The van der Waals surface area contributed by atoms with E-state index in [2.05, 4.69) is 72.5 Å². The summed E-state index contributed by atoms with van der Waals surface area (Å²) < 4.78 is 5.59. The summed E-state index contributed by atoms with van der Waals surface area (Å²) in [4.78, 5) is 15.3. The number of carbonyl (C=O) groups is 1. The van der Waals surface area contributed by atoms with Crippen molar-refractivity contribution < 1.29 is 9.32 Å². The Balaban J connectivity index is 1.28. The Kier molecular flexibility index (Phi) is 7.34. The molecule has 1 aromatic heterocycles. The van der Waals surface area contributed by atoms with E-state index in [9.17, 15) is 4.79 Å². The summed E-state index contributed by atoms with van der Waals surface area (Å²) in [5.41, 5.74) is 2.40. The third kappa shape index (κ3) is 6.00. The molecule has 1 amide bonds. The smallest absolute Gasteiger partial charge is 0.222 e. The fraction of sp³-hybridized carbons (Fsp3) is 0.630. The van der Waals surface area contributed by atoms with E-state index in [0.29, 0.717) is 30.1 Å². The lowest BCUT2D eigenvalue weighted by Crippen LogP contribution is -2.43. The van der Waals surface area contributed by atoms with E-state index in [0.717, 1.165) is 69.7 Å². The zero-order valence-electron chi connectivity index (χ0n) is 20.0. The number of nitrogens with zero attached hydrogens (tertiary/aromatic N) is 2. The fourth-order valence-electron chi connectivity index (χ4n) is 5.20. The molecule has 3 heterocycles. The van der Waals surface area contributed by atoms with Gasteiger partial charge in [0.05, 0.1) is 5.69 Å². The van der Waals surface area contributed by atoms with Crippen molar-refractivity contribution in [2.75, 3.05) is 26.2 Å². The molecule has 2 saturated heterocycles. The minimum atomic E-state index is -0.0297. The Morgan fingerprint density at radius 3 is 2.53 bits per heavy atom. The summed E-state index contributed by atoms with van der Waals surface area (Å²) in [6.07, 6.45) is 5.97. The van der Waals surface area contributed by atoms with Crippen LogP contribution in [-0.4, -0.2) is 42.1 Å². The molecule has 2 aromatic rings. The van der Waals surface area contributed by atoms with Crippen LogP contribution in [0.2, 0.25) is 0 Å². The van der Waals surface area contributed by atoms with Gasteiger partial charge in [0.2, 0.25) is 5.91 Å². The second-order valence-electron chi connectivity index (χ2n) is 10.9. The number of rotatable bonds is 6. The molecule has 1 aromatic carbocycles. The van der Waals surface area contributed by atoms with Crippen LogP contribution in [0.1, 0.15) is 63.5 Å². The number of nitrogens with one attached hydrogen (secondary N) is 1. The van der Waals surface area contributed by atoms with Gasteiger partial charge in [-0.25, -0.2) is 0 Å². The first-order valence-electron chi connectivity index (χ1n) is 12.4. The van der Waals surface area contributed by atoms with Crippen LogP contribution in [0.5, 0.6) is 0 Å². The number of benzene rings is 1. The maximum absolute atomic E-state index is 13.1. The molecule has 2 fully saturated rings. The summed E-state index contributed by atoms with van der Waals surface area (Å²) >= 11 is 0. The Morgan fingerprint density at radius 1 is 1.09 bits per heavy atom. The summed E-state index contributed by atoms with van der Waals surface area (Å²) in [7, 11) is 0. The van der Waals surface area contributed by atoms with Gasteiger partial charge in [-0.2, -0.15) is 0 Å². The van der Waals surface area contributed by atoms with E-state index < -0.39 is 0 Å². The predicted octanol–water partition coefficient (Wildman–Crippen LogP) is 4.61. The van der Waals surface area contributed by atoms with Crippen LogP contribution in [-0.2, 0) is 23.1 Å². The van der Waals surface area contributed by atoms with Crippen molar-refractivity contribution in [3.05, 3.63) is 53.4 Å². The molecule has 2 aliphatic heterocycles. The van der Waals surface area contributed by atoms with E-state index >= 15 is 0 Å². The van der Waals surface area contributed by atoms with Crippen molar-refractivity contribution in [2.45, 2.75) is 64.7 Å². The standard InChI is InChI=1S/C27H39N3O2/c1-27(2,3)25-18-24(29-32-25)16-23-19-28-12-9-22(23)17-26(31)30-13-10-21(11-14-30)15-20-7-5-4-6-8-20/h4-8,18,21-23,28H,9-17,19H2,1-3H3/t22-,23+/m0/s1. The summed E-state index contributed by atoms with van der Waals surface area (Å²) in [6, 6.07) is 12.8. The van der Waals surface area contributed by atoms with Gasteiger partial charge < -0.3 is 14.7 Å². The molecule has 32 heavy (non-hydrogen) atoms. The molecule has 5 heteroatoms. The average Bonchev–Trinajstić information content (AvgIpc) is 3.26. The lowest BCUT2D eigenvalue weighted by molar-refractivity contribution is -0.134. The second-order valence-corrected chi connectivity index (χ2v) is 10.9. The van der Waals surface area contributed by atoms with Gasteiger partial charge >= 0.3 is 0 Å². The van der Waals surface area contributed by atoms with Gasteiger partial charge in [0.15, 0.2) is 0 Å². The molecule has 2 atom stereocenters. The first kappa shape index (κ1) is 23.0. The fourth-order valence-corrected chi connectivity index (χ4v) is 5.20. The molecule has 2 aliphatic rings. The summed E-state index contributed by atoms with van der Waals surface area (Å²) in [5, 5.41) is 7.85. The SMILES string of the molecule is CC(C)(C)c1cc(C[C@@H]2CNCC[C@H]2CC(=O)N2CCC(Cc3ccccc3)CC2)no1. The second kappa shape index (κ2) is 10.2. The summed E-state index contributed by atoms with van der Waals surface area (Å²) in [6.45, 7) is 10.2. The molecule has 4 rings (SSSR count). The maximum Gasteiger partial charge on any atom is 0.222 e. The molecule has 0 aliphatic carbocycles. The van der Waals surface area contributed by atoms with Crippen LogP contribution in [0.3, 0.4) is 0 Å². The molecule has 0 bridgehead atoms. The first-order chi connectivity index (χ1) is 15.4. The minimum absolute atomic E-state index is 0.0297. The molecule has 1 N–H and O–H groups in total. The Bertz CT molecular complexity index is 863. The van der Waals surface area contributed by atoms with Gasteiger partial charge in [-0.15, -0.1) is 0 Å². The van der Waals surface area contributed by atoms with Crippen LogP contribution in [0.4, 0.5) is 0 Å². The normalized spacial score (nSPS) is 22.8. The van der Waals surface area contributed by atoms with Gasteiger partial charge in [0, 0.05) is 31.0 Å². The summed E-state index contributed by atoms with van der Waals surface area (Å²) in [5.74, 6) is 2.82. The highest BCUT2D eigenvalue weighted by Crippen LogP contribution is 2.30. The van der Waals surface area contributed by atoms with Crippen LogP contribution in [0.15, 0.2) is 40.9 Å². The van der Waals surface area contributed by atoms with Crippen molar-refractivity contribution in [1.29, 1.82) is 0 Å². The quantitative estimate of drug-likeness (QED) is 0.717. The number of amides is 1. The Morgan fingerprint density at radius 2 is 1.84 bits per heavy atom. The minimum Gasteiger partial charge on any atom is -0.361 e. The number of hydrogen-bond acceptors (Lipinski definition) is 4. The van der Waals surface area contributed by atoms with Crippen LogP contribution in [0.25, 0.3) is 0 Å². The van der Waals surface area contributed by atoms with Crippen LogP contribution in [0, 0.1) is 17.8 Å². The highest BCUT2D eigenvalue weighted by Gasteiger charge is 2.31. The zero-order chi connectivity index (χ0) is 22.6. The monoisotopic (exact) mass is 437 g/mol. The topological polar surface area (TPSA) is 58.4 Å². The number of aromatic nitrogens is 1. The van der Waals surface area contributed by atoms with E-state index in [1.807, 2.05) is 0 Å².